The van der Waals surface area contributed by atoms with E-state index < -0.39 is 6.10 Å². The monoisotopic (exact) mass is 239 g/mol. The van der Waals surface area contributed by atoms with E-state index in [2.05, 4.69) is 5.48 Å². The molecule has 0 aliphatic carbocycles. The summed E-state index contributed by atoms with van der Waals surface area (Å²) in [5.74, 6) is 1.02. The van der Waals surface area contributed by atoms with Gasteiger partial charge in [0.1, 0.15) is 11.5 Å². The van der Waals surface area contributed by atoms with E-state index in [0.29, 0.717) is 12.4 Å². The van der Waals surface area contributed by atoms with Crippen LogP contribution in [-0.2, 0) is 9.63 Å². The molecule has 0 saturated heterocycles. The number of benzene rings is 1. The van der Waals surface area contributed by atoms with Crippen molar-refractivity contribution in [3.05, 3.63) is 24.3 Å². The number of rotatable bonds is 6. The molecule has 17 heavy (non-hydrogen) atoms. The van der Waals surface area contributed by atoms with Crippen LogP contribution in [0.4, 0.5) is 0 Å². The van der Waals surface area contributed by atoms with Gasteiger partial charge < -0.3 is 9.47 Å². The molecule has 0 aromatic heterocycles. The molecule has 0 saturated carbocycles. The summed E-state index contributed by atoms with van der Waals surface area (Å²) in [5.41, 5.74) is 2.29. The number of ether oxygens (including phenoxy) is 2. The maximum absolute atomic E-state index is 11.4. The van der Waals surface area contributed by atoms with Crippen LogP contribution in [0.15, 0.2) is 24.3 Å². The summed E-state index contributed by atoms with van der Waals surface area (Å²) in [6.07, 6.45) is -0.616. The van der Waals surface area contributed by atoms with Crippen LogP contribution in [0.1, 0.15) is 13.8 Å². The van der Waals surface area contributed by atoms with Crippen LogP contribution in [0.3, 0.4) is 0 Å². The van der Waals surface area contributed by atoms with Gasteiger partial charge in [0, 0.05) is 0 Å². The molecule has 0 spiro atoms. The number of hydrogen-bond donors (Lipinski definition) is 1. The van der Waals surface area contributed by atoms with E-state index in [1.165, 1.54) is 0 Å². The third-order valence-corrected chi connectivity index (χ3v) is 2.06. The van der Waals surface area contributed by atoms with Gasteiger partial charge in [-0.25, -0.2) is 5.48 Å². The van der Waals surface area contributed by atoms with Crippen LogP contribution in [0.5, 0.6) is 11.5 Å². The fourth-order valence-electron chi connectivity index (χ4n) is 1.14. The maximum Gasteiger partial charge on any atom is 0.284 e. The molecule has 1 aromatic rings. The molecule has 0 unspecified atom stereocenters. The Morgan fingerprint density at radius 2 is 1.88 bits per heavy atom. The first kappa shape index (κ1) is 13.3. The second-order valence-electron chi connectivity index (χ2n) is 3.33. The van der Waals surface area contributed by atoms with Crippen LogP contribution in [0.2, 0.25) is 0 Å². The van der Waals surface area contributed by atoms with Crippen LogP contribution >= 0.6 is 0 Å². The molecule has 0 radical (unpaired) electrons. The number of hydrogen-bond acceptors (Lipinski definition) is 4. The van der Waals surface area contributed by atoms with Crippen molar-refractivity contribution >= 4 is 5.91 Å². The van der Waals surface area contributed by atoms with Gasteiger partial charge in [-0.1, -0.05) is 0 Å². The highest BCUT2D eigenvalue weighted by Gasteiger charge is 2.14. The highest BCUT2D eigenvalue weighted by Crippen LogP contribution is 2.18. The predicted octanol–water partition coefficient (Wildman–Crippen LogP) is 1.53. The molecule has 0 fully saturated rings. The maximum atomic E-state index is 11.4. The summed E-state index contributed by atoms with van der Waals surface area (Å²) < 4.78 is 10.4. The van der Waals surface area contributed by atoms with Crippen molar-refractivity contribution in [1.29, 1.82) is 0 Å². The predicted molar refractivity (Wildman–Crippen MR) is 62.9 cm³/mol. The number of amides is 1. The molecule has 5 nitrogen and oxygen atoms in total. The molecule has 1 atom stereocenters. The van der Waals surface area contributed by atoms with Crippen LogP contribution in [-0.4, -0.2) is 25.7 Å². The average molecular weight is 239 g/mol. The quantitative estimate of drug-likeness (QED) is 0.765. The molecule has 5 heteroatoms. The van der Waals surface area contributed by atoms with Gasteiger partial charge in [0.25, 0.3) is 5.91 Å². The number of methoxy groups -OCH3 is 1. The number of hydroxylamine groups is 1. The van der Waals surface area contributed by atoms with Crippen LogP contribution in [0, 0.1) is 0 Å². The first-order valence-corrected chi connectivity index (χ1v) is 5.39. The zero-order valence-electron chi connectivity index (χ0n) is 10.2. The van der Waals surface area contributed by atoms with E-state index in [9.17, 15) is 4.79 Å². The van der Waals surface area contributed by atoms with E-state index in [0.717, 1.165) is 5.75 Å². The van der Waals surface area contributed by atoms with Crippen molar-refractivity contribution in [2.45, 2.75) is 20.0 Å². The van der Waals surface area contributed by atoms with Gasteiger partial charge in [-0.05, 0) is 38.1 Å². The summed E-state index contributed by atoms with van der Waals surface area (Å²) in [4.78, 5) is 16.2. The third-order valence-electron chi connectivity index (χ3n) is 2.06. The Hall–Kier alpha value is -1.75. The van der Waals surface area contributed by atoms with Crippen molar-refractivity contribution < 1.29 is 19.1 Å². The number of carbonyl (C=O) groups excluding carboxylic acids is 1. The molecule has 94 valence electrons. The van der Waals surface area contributed by atoms with Gasteiger partial charge in [0.05, 0.1) is 13.7 Å². The molecular weight excluding hydrogens is 222 g/mol. The van der Waals surface area contributed by atoms with Crippen LogP contribution in [0.25, 0.3) is 0 Å². The fraction of sp³-hybridized carbons (Fsp3) is 0.417. The lowest BCUT2D eigenvalue weighted by Gasteiger charge is -2.14. The first-order valence-electron chi connectivity index (χ1n) is 5.39. The average Bonchev–Trinajstić information content (AvgIpc) is 2.36. The third kappa shape index (κ3) is 4.32. The molecule has 1 rings (SSSR count). The lowest BCUT2D eigenvalue weighted by molar-refractivity contribution is -0.139. The molecule has 0 aliphatic heterocycles. The van der Waals surface area contributed by atoms with Gasteiger partial charge >= 0.3 is 0 Å². The Balaban J connectivity index is 2.49. The standard InChI is InChI=1S/C12H17NO4/c1-4-16-13-12(14)9(2)17-11-7-5-10(15-3)6-8-11/h5-9H,4H2,1-3H3,(H,13,14)/t9-/m0/s1. The molecule has 1 amide bonds. The molecule has 0 bridgehead atoms. The van der Waals surface area contributed by atoms with E-state index in [1.807, 2.05) is 0 Å². The van der Waals surface area contributed by atoms with Gasteiger partial charge in [-0.2, -0.15) is 0 Å². The lowest BCUT2D eigenvalue weighted by Crippen LogP contribution is -2.36. The van der Waals surface area contributed by atoms with E-state index in [-0.39, 0.29) is 5.91 Å². The van der Waals surface area contributed by atoms with E-state index in [1.54, 1.807) is 45.2 Å². The van der Waals surface area contributed by atoms with Crippen LogP contribution < -0.4 is 15.0 Å². The zero-order chi connectivity index (χ0) is 12.7. The first-order chi connectivity index (χ1) is 8.17. The fourth-order valence-corrected chi connectivity index (χ4v) is 1.14. The minimum absolute atomic E-state index is 0.317. The Bertz CT molecular complexity index is 350. The summed E-state index contributed by atoms with van der Waals surface area (Å²) in [6.45, 7) is 3.86. The zero-order valence-corrected chi connectivity index (χ0v) is 10.2. The molecule has 0 aliphatic rings. The van der Waals surface area contributed by atoms with Gasteiger partial charge in [-0.3, -0.25) is 9.63 Å². The van der Waals surface area contributed by atoms with Crippen molar-refractivity contribution in [2.24, 2.45) is 0 Å². The van der Waals surface area contributed by atoms with E-state index in [4.69, 9.17) is 14.3 Å². The lowest BCUT2D eigenvalue weighted by atomic mass is 10.3. The van der Waals surface area contributed by atoms with Gasteiger partial charge in [0.2, 0.25) is 0 Å². The van der Waals surface area contributed by atoms with Gasteiger partial charge in [-0.15, -0.1) is 0 Å². The highest BCUT2D eigenvalue weighted by molar-refractivity contribution is 5.79. The van der Waals surface area contributed by atoms with E-state index >= 15 is 0 Å². The van der Waals surface area contributed by atoms with Crippen molar-refractivity contribution in [1.82, 2.24) is 5.48 Å². The SMILES string of the molecule is CCONC(=O)[C@H](C)Oc1ccc(OC)cc1. The largest absolute Gasteiger partial charge is 0.497 e. The Morgan fingerprint density at radius 3 is 2.41 bits per heavy atom. The van der Waals surface area contributed by atoms with Gasteiger partial charge in [0.15, 0.2) is 6.10 Å². The second kappa shape index (κ2) is 6.75. The summed E-state index contributed by atoms with van der Waals surface area (Å²) >= 11 is 0. The second-order valence-corrected chi connectivity index (χ2v) is 3.33. The molecule has 1 aromatic carbocycles. The topological polar surface area (TPSA) is 56.8 Å². The van der Waals surface area contributed by atoms with Crippen molar-refractivity contribution in [3.63, 3.8) is 0 Å². The summed E-state index contributed by atoms with van der Waals surface area (Å²) in [7, 11) is 1.59. The summed E-state index contributed by atoms with van der Waals surface area (Å²) in [6, 6.07) is 7.01. The minimum atomic E-state index is -0.616. The minimum Gasteiger partial charge on any atom is -0.497 e. The normalized spacial score (nSPS) is 11.7. The molecular formula is C12H17NO4. The van der Waals surface area contributed by atoms with Crippen molar-refractivity contribution in [2.75, 3.05) is 13.7 Å². The summed E-state index contributed by atoms with van der Waals surface area (Å²) in [5, 5.41) is 0. The Kier molecular flexibility index (Phi) is 5.29. The molecule has 0 heterocycles. The number of carbonyl (C=O) groups is 1. The molecule has 1 N–H and O–H groups in total. The number of nitrogens with one attached hydrogen (secondary N) is 1. The van der Waals surface area contributed by atoms with Crippen molar-refractivity contribution in [3.8, 4) is 11.5 Å². The smallest absolute Gasteiger partial charge is 0.284 e. The Morgan fingerprint density at radius 1 is 1.29 bits per heavy atom. The Labute approximate surface area is 101 Å². The highest BCUT2D eigenvalue weighted by atomic mass is 16.7.